The molecule has 90 valence electrons. The summed E-state index contributed by atoms with van der Waals surface area (Å²) in [7, 11) is 0. The molecule has 2 aliphatic rings. The lowest BCUT2D eigenvalue weighted by Crippen LogP contribution is -2.51. The molecular formula is C15H19NO. The van der Waals surface area contributed by atoms with Crippen molar-refractivity contribution >= 4 is 5.78 Å². The van der Waals surface area contributed by atoms with Gasteiger partial charge in [0, 0.05) is 5.92 Å². The van der Waals surface area contributed by atoms with Crippen LogP contribution < -0.4 is 0 Å². The summed E-state index contributed by atoms with van der Waals surface area (Å²) in [5, 5.41) is 9.60. The molecule has 0 saturated heterocycles. The predicted molar refractivity (Wildman–Crippen MR) is 67.0 cm³/mol. The van der Waals surface area contributed by atoms with Crippen LogP contribution in [0.2, 0.25) is 0 Å². The summed E-state index contributed by atoms with van der Waals surface area (Å²) in [4.78, 5) is 12.2. The van der Waals surface area contributed by atoms with Crippen LogP contribution in [-0.4, -0.2) is 5.78 Å². The van der Waals surface area contributed by atoms with Gasteiger partial charge in [0.2, 0.25) is 0 Å². The normalized spacial score (nSPS) is 39.2. The molecule has 0 heterocycles. The maximum absolute atomic E-state index is 12.2. The lowest BCUT2D eigenvalue weighted by atomic mass is 9.51. The first-order valence-electron chi connectivity index (χ1n) is 6.17. The zero-order chi connectivity index (χ0) is 12.8. The van der Waals surface area contributed by atoms with Crippen LogP contribution in [-0.2, 0) is 4.79 Å². The van der Waals surface area contributed by atoms with Gasteiger partial charge in [0.1, 0.15) is 5.41 Å². The van der Waals surface area contributed by atoms with Crippen molar-refractivity contribution in [3.8, 4) is 6.07 Å². The number of carbonyl (C=O) groups excluding carboxylic acids is 1. The van der Waals surface area contributed by atoms with Gasteiger partial charge in [-0.25, -0.2) is 0 Å². The highest BCUT2D eigenvalue weighted by Crippen LogP contribution is 2.55. The van der Waals surface area contributed by atoms with E-state index in [0.717, 1.165) is 6.42 Å². The number of hydrogen-bond donors (Lipinski definition) is 0. The number of fused-ring (bicyclic) bond motifs is 1. The fraction of sp³-hybridized carbons (Fsp3) is 0.600. The molecule has 2 heteroatoms. The number of ketones is 1. The van der Waals surface area contributed by atoms with E-state index in [4.69, 9.17) is 0 Å². The van der Waals surface area contributed by atoms with Crippen LogP contribution in [0.3, 0.4) is 0 Å². The minimum absolute atomic E-state index is 0.00275. The van der Waals surface area contributed by atoms with Gasteiger partial charge in [0.25, 0.3) is 0 Å². The van der Waals surface area contributed by atoms with Crippen LogP contribution in [0.4, 0.5) is 0 Å². The summed E-state index contributed by atoms with van der Waals surface area (Å²) < 4.78 is 0. The number of rotatable bonds is 0. The molecule has 2 aliphatic carbocycles. The van der Waals surface area contributed by atoms with Crippen LogP contribution >= 0.6 is 0 Å². The van der Waals surface area contributed by atoms with Crippen LogP contribution in [0.15, 0.2) is 23.8 Å². The van der Waals surface area contributed by atoms with E-state index in [1.165, 1.54) is 5.57 Å². The van der Waals surface area contributed by atoms with Crippen molar-refractivity contribution in [2.24, 2.45) is 22.7 Å². The van der Waals surface area contributed by atoms with E-state index in [1.54, 1.807) is 6.08 Å². The average molecular weight is 229 g/mol. The largest absolute Gasteiger partial charge is 0.293 e. The molecule has 0 aromatic rings. The number of nitrogens with zero attached hydrogens (tertiary/aromatic N) is 1. The Morgan fingerprint density at radius 3 is 2.71 bits per heavy atom. The molecule has 0 amide bonds. The number of carbonyl (C=O) groups is 1. The van der Waals surface area contributed by atoms with Crippen molar-refractivity contribution in [1.82, 2.24) is 0 Å². The van der Waals surface area contributed by atoms with E-state index in [1.807, 2.05) is 13.0 Å². The number of allylic oxidation sites excluding steroid dienone is 4. The van der Waals surface area contributed by atoms with Crippen LogP contribution in [0.1, 0.15) is 34.1 Å². The van der Waals surface area contributed by atoms with Crippen molar-refractivity contribution < 1.29 is 4.79 Å². The first kappa shape index (κ1) is 12.1. The Hall–Kier alpha value is -1.36. The maximum Gasteiger partial charge on any atom is 0.176 e. The summed E-state index contributed by atoms with van der Waals surface area (Å²) in [6.07, 6.45) is 6.53. The van der Waals surface area contributed by atoms with E-state index in [9.17, 15) is 10.1 Å². The fourth-order valence-corrected chi connectivity index (χ4v) is 3.45. The van der Waals surface area contributed by atoms with Gasteiger partial charge in [0.15, 0.2) is 5.78 Å². The molecule has 0 spiro atoms. The van der Waals surface area contributed by atoms with Crippen molar-refractivity contribution in [2.45, 2.75) is 34.1 Å². The van der Waals surface area contributed by atoms with Gasteiger partial charge < -0.3 is 0 Å². The van der Waals surface area contributed by atoms with E-state index in [-0.39, 0.29) is 23.0 Å². The lowest BCUT2D eigenvalue weighted by Gasteiger charge is -2.49. The third-order valence-corrected chi connectivity index (χ3v) is 4.48. The molecule has 0 unspecified atom stereocenters. The van der Waals surface area contributed by atoms with Crippen LogP contribution in [0.5, 0.6) is 0 Å². The Labute approximate surface area is 103 Å². The van der Waals surface area contributed by atoms with Gasteiger partial charge in [-0.1, -0.05) is 38.5 Å². The summed E-state index contributed by atoms with van der Waals surface area (Å²) >= 11 is 0. The van der Waals surface area contributed by atoms with Gasteiger partial charge >= 0.3 is 0 Å². The van der Waals surface area contributed by atoms with Crippen LogP contribution in [0, 0.1) is 34.0 Å². The summed E-state index contributed by atoms with van der Waals surface area (Å²) in [6.45, 7) is 8.33. The van der Waals surface area contributed by atoms with Crippen molar-refractivity contribution in [1.29, 1.82) is 5.26 Å². The molecule has 17 heavy (non-hydrogen) atoms. The second-order valence-electron chi connectivity index (χ2n) is 6.06. The Kier molecular flexibility index (Phi) is 2.54. The van der Waals surface area contributed by atoms with E-state index in [2.05, 4.69) is 32.9 Å². The van der Waals surface area contributed by atoms with Gasteiger partial charge in [-0.2, -0.15) is 5.26 Å². The zero-order valence-electron chi connectivity index (χ0n) is 10.9. The molecule has 0 saturated carbocycles. The number of nitriles is 1. The standard InChI is InChI=1S/C15H19NO/c1-10-7-11(2)15(9-16)12(8-10)14(3,4)6-5-13(15)17/h5-7,11-12H,8H2,1-4H3/t11-,12+,15+/m0/s1. The van der Waals surface area contributed by atoms with Crippen LogP contribution in [0.25, 0.3) is 0 Å². The smallest absolute Gasteiger partial charge is 0.176 e. The maximum atomic E-state index is 12.2. The SMILES string of the molecule is CC1=C[C@H](C)[C@@]2(C#N)C(=O)C=CC(C)(C)[C@H]2C1. The molecule has 3 atom stereocenters. The molecule has 0 radical (unpaired) electrons. The zero-order valence-corrected chi connectivity index (χ0v) is 10.9. The molecule has 2 rings (SSSR count). The predicted octanol–water partition coefficient (Wildman–Crippen LogP) is 3.26. The molecule has 0 aliphatic heterocycles. The van der Waals surface area contributed by atoms with E-state index in [0.29, 0.717) is 0 Å². The quantitative estimate of drug-likeness (QED) is 0.598. The highest BCUT2D eigenvalue weighted by Gasteiger charge is 2.56. The van der Waals surface area contributed by atoms with Gasteiger partial charge in [0.05, 0.1) is 6.07 Å². The van der Waals surface area contributed by atoms with Gasteiger partial charge in [-0.15, -0.1) is 0 Å². The first-order chi connectivity index (χ1) is 7.84. The van der Waals surface area contributed by atoms with Gasteiger partial charge in [-0.05, 0) is 30.8 Å². The highest BCUT2D eigenvalue weighted by molar-refractivity contribution is 5.99. The minimum atomic E-state index is -0.849. The molecule has 0 aromatic heterocycles. The molecule has 2 nitrogen and oxygen atoms in total. The Morgan fingerprint density at radius 1 is 1.47 bits per heavy atom. The van der Waals surface area contributed by atoms with Crippen molar-refractivity contribution in [3.05, 3.63) is 23.8 Å². The lowest BCUT2D eigenvalue weighted by molar-refractivity contribution is -0.129. The molecular weight excluding hydrogens is 210 g/mol. The molecule has 0 bridgehead atoms. The van der Waals surface area contributed by atoms with Crippen molar-refractivity contribution in [3.63, 3.8) is 0 Å². The summed E-state index contributed by atoms with van der Waals surface area (Å²) in [5.74, 6) is 0.0843. The Morgan fingerprint density at radius 2 is 2.12 bits per heavy atom. The fourth-order valence-electron chi connectivity index (χ4n) is 3.45. The highest BCUT2D eigenvalue weighted by atomic mass is 16.1. The third kappa shape index (κ3) is 1.49. The molecule has 0 N–H and O–H groups in total. The topological polar surface area (TPSA) is 40.9 Å². The average Bonchev–Trinajstić information content (AvgIpc) is 2.24. The van der Waals surface area contributed by atoms with Crippen molar-refractivity contribution in [2.75, 3.05) is 0 Å². The molecule has 0 aromatic carbocycles. The summed E-state index contributed by atoms with van der Waals surface area (Å²) in [6, 6.07) is 2.35. The Balaban J connectivity index is 2.65. The van der Waals surface area contributed by atoms with Gasteiger partial charge in [-0.3, -0.25) is 4.79 Å². The summed E-state index contributed by atoms with van der Waals surface area (Å²) in [5.41, 5.74) is 0.357. The monoisotopic (exact) mass is 229 g/mol. The Bertz CT molecular complexity index is 464. The van der Waals surface area contributed by atoms with E-state index < -0.39 is 5.41 Å². The second-order valence-corrected chi connectivity index (χ2v) is 6.06. The first-order valence-corrected chi connectivity index (χ1v) is 6.17. The second kappa shape index (κ2) is 3.57. The third-order valence-electron chi connectivity index (χ3n) is 4.48. The van der Waals surface area contributed by atoms with E-state index >= 15 is 0 Å². The minimum Gasteiger partial charge on any atom is -0.293 e. The number of hydrogen-bond acceptors (Lipinski definition) is 2. The molecule has 0 fully saturated rings.